The maximum Gasteiger partial charge on any atom is 0.248 e. The Labute approximate surface area is 187 Å². The van der Waals surface area contributed by atoms with Crippen molar-refractivity contribution in [1.29, 1.82) is 0 Å². The zero-order chi connectivity index (χ0) is 22.0. The van der Waals surface area contributed by atoms with Gasteiger partial charge in [-0.3, -0.25) is 19.3 Å². The Bertz CT molecular complexity index is 1100. The highest BCUT2D eigenvalue weighted by Crippen LogP contribution is 2.65. The van der Waals surface area contributed by atoms with E-state index in [0.29, 0.717) is 23.9 Å². The first-order valence-corrected chi connectivity index (χ1v) is 11.5. The summed E-state index contributed by atoms with van der Waals surface area (Å²) >= 11 is 0. The van der Waals surface area contributed by atoms with Crippen molar-refractivity contribution < 1.29 is 14.4 Å². The van der Waals surface area contributed by atoms with E-state index in [1.165, 1.54) is 4.90 Å². The summed E-state index contributed by atoms with van der Waals surface area (Å²) in [5, 5.41) is 2.98. The Morgan fingerprint density at radius 2 is 1.53 bits per heavy atom. The molecule has 5 aliphatic rings. The number of amides is 3. The normalized spacial score (nSPS) is 32.5. The Hall–Kier alpha value is -3.21. The summed E-state index contributed by atoms with van der Waals surface area (Å²) in [6.45, 7) is 1.93. The molecule has 0 unspecified atom stereocenters. The maximum atomic E-state index is 13.7. The van der Waals surface area contributed by atoms with E-state index >= 15 is 0 Å². The van der Waals surface area contributed by atoms with E-state index in [1.807, 2.05) is 61.5 Å². The van der Waals surface area contributed by atoms with Gasteiger partial charge in [-0.25, -0.2) is 0 Å². The van der Waals surface area contributed by atoms with Gasteiger partial charge in [0.25, 0.3) is 0 Å². The highest BCUT2D eigenvalue weighted by Gasteiger charge is 2.67. The van der Waals surface area contributed by atoms with Gasteiger partial charge in [0.05, 0.1) is 11.8 Å². The molecule has 0 radical (unpaired) electrons. The number of nitrogens with zero attached hydrogens (tertiary/aromatic N) is 1. The monoisotopic (exact) mass is 426 g/mol. The first-order chi connectivity index (χ1) is 15.5. The van der Waals surface area contributed by atoms with Gasteiger partial charge >= 0.3 is 0 Å². The van der Waals surface area contributed by atoms with Gasteiger partial charge in [-0.05, 0) is 54.2 Å². The van der Waals surface area contributed by atoms with Gasteiger partial charge < -0.3 is 5.32 Å². The van der Waals surface area contributed by atoms with Crippen LogP contribution >= 0.6 is 0 Å². The van der Waals surface area contributed by atoms with Gasteiger partial charge in [0.2, 0.25) is 17.7 Å². The van der Waals surface area contributed by atoms with Gasteiger partial charge in [-0.15, -0.1) is 0 Å². The van der Waals surface area contributed by atoms with Gasteiger partial charge in [0.1, 0.15) is 6.04 Å². The third-order valence-corrected chi connectivity index (χ3v) is 7.99. The molecule has 1 saturated heterocycles. The molecule has 7 rings (SSSR count). The van der Waals surface area contributed by atoms with Crippen LogP contribution < -0.4 is 5.32 Å². The Morgan fingerprint density at radius 3 is 2.16 bits per heavy atom. The molecule has 2 bridgehead atoms. The third kappa shape index (κ3) is 2.87. The molecule has 1 heterocycles. The molecular weight excluding hydrogens is 400 g/mol. The van der Waals surface area contributed by atoms with Crippen molar-refractivity contribution in [1.82, 2.24) is 4.90 Å². The lowest BCUT2D eigenvalue weighted by atomic mass is 9.63. The van der Waals surface area contributed by atoms with Crippen molar-refractivity contribution in [2.45, 2.75) is 25.8 Å². The summed E-state index contributed by atoms with van der Waals surface area (Å²) < 4.78 is 0. The fourth-order valence-electron chi connectivity index (χ4n) is 6.35. The quantitative estimate of drug-likeness (QED) is 0.587. The van der Waals surface area contributed by atoms with Crippen molar-refractivity contribution in [3.63, 3.8) is 0 Å². The highest BCUT2D eigenvalue weighted by molar-refractivity contribution is 6.10. The van der Waals surface area contributed by atoms with Gasteiger partial charge in [-0.2, -0.15) is 0 Å². The molecule has 162 valence electrons. The van der Waals surface area contributed by atoms with E-state index < -0.39 is 6.04 Å². The second-order valence-corrected chi connectivity index (χ2v) is 9.71. The molecular formula is C27H26N2O3. The standard InChI is InChI=1S/C27H26N2O3/c1-15-7-5-6-10-21(15)28-25(30)22(13-16-8-3-2-4-9-16)29-26(31)23-17-11-12-18(20-14-19(17)20)24(23)27(29)32/h2-12,17-20,22-24H,13-14H2,1H3,(H,28,30)/t17-,18-,19-,20-,22-,23-,24+/m1/s1. The van der Waals surface area contributed by atoms with Crippen LogP contribution in [0.2, 0.25) is 0 Å². The lowest BCUT2D eigenvalue weighted by Gasteiger charge is -2.37. The number of aryl methyl sites for hydroxylation is 1. The Balaban J connectivity index is 1.34. The SMILES string of the molecule is Cc1ccccc1NC(=O)[C@@H](Cc1ccccc1)N1C(=O)[C@@H]2[C@@H]3C=C[C@H]([C@H]4C[C@H]34)[C@@H]2C1=O. The molecule has 2 aromatic rings. The molecule has 32 heavy (non-hydrogen) atoms. The lowest BCUT2D eigenvalue weighted by Crippen LogP contribution is -2.49. The number of para-hydroxylation sites is 1. The average molecular weight is 427 g/mol. The van der Waals surface area contributed by atoms with Crippen LogP contribution in [0.1, 0.15) is 17.5 Å². The smallest absolute Gasteiger partial charge is 0.248 e. The van der Waals surface area contributed by atoms with E-state index in [4.69, 9.17) is 0 Å². The van der Waals surface area contributed by atoms with E-state index in [-0.39, 0.29) is 41.4 Å². The van der Waals surface area contributed by atoms with Crippen LogP contribution in [0.25, 0.3) is 0 Å². The predicted octanol–water partition coefficient (Wildman–Crippen LogP) is 3.60. The van der Waals surface area contributed by atoms with Crippen LogP contribution in [0.5, 0.6) is 0 Å². The van der Waals surface area contributed by atoms with Crippen LogP contribution in [0, 0.1) is 42.4 Å². The minimum Gasteiger partial charge on any atom is -0.324 e. The molecule has 3 amide bonds. The summed E-state index contributed by atoms with van der Waals surface area (Å²) in [7, 11) is 0. The number of anilines is 1. The fourth-order valence-corrected chi connectivity index (χ4v) is 6.35. The third-order valence-electron chi connectivity index (χ3n) is 7.99. The number of hydrogen-bond donors (Lipinski definition) is 1. The summed E-state index contributed by atoms with van der Waals surface area (Å²) in [6, 6.07) is 16.3. The fraction of sp³-hybridized carbons (Fsp3) is 0.370. The van der Waals surface area contributed by atoms with Crippen LogP contribution in [0.15, 0.2) is 66.7 Å². The van der Waals surface area contributed by atoms with E-state index in [1.54, 1.807) is 0 Å². The number of imide groups is 1. The second-order valence-electron chi connectivity index (χ2n) is 9.71. The molecule has 2 aromatic carbocycles. The second kappa shape index (κ2) is 7.16. The van der Waals surface area contributed by atoms with Crippen molar-refractivity contribution in [2.75, 3.05) is 5.32 Å². The average Bonchev–Trinajstić information content (AvgIpc) is 3.58. The zero-order valence-electron chi connectivity index (χ0n) is 18.0. The van der Waals surface area contributed by atoms with Crippen LogP contribution in [-0.4, -0.2) is 28.7 Å². The minimum absolute atomic E-state index is 0.147. The number of carbonyl (C=O) groups excluding carboxylic acids is 3. The number of rotatable bonds is 5. The minimum atomic E-state index is -0.863. The number of carbonyl (C=O) groups is 3. The van der Waals surface area contributed by atoms with Crippen LogP contribution in [-0.2, 0) is 20.8 Å². The molecule has 1 aliphatic heterocycles. The topological polar surface area (TPSA) is 66.5 Å². The van der Waals surface area contributed by atoms with Crippen molar-refractivity contribution in [3.8, 4) is 0 Å². The van der Waals surface area contributed by atoms with Crippen molar-refractivity contribution in [3.05, 3.63) is 77.9 Å². The number of allylic oxidation sites excluding steroid dienone is 2. The largest absolute Gasteiger partial charge is 0.324 e. The highest BCUT2D eigenvalue weighted by atomic mass is 16.2. The number of nitrogens with one attached hydrogen (secondary N) is 1. The lowest BCUT2D eigenvalue weighted by molar-refractivity contribution is -0.146. The van der Waals surface area contributed by atoms with Crippen LogP contribution in [0.4, 0.5) is 5.69 Å². The summed E-state index contributed by atoms with van der Waals surface area (Å²) in [5.41, 5.74) is 2.57. The summed E-state index contributed by atoms with van der Waals surface area (Å²) in [6.07, 6.45) is 5.75. The summed E-state index contributed by atoms with van der Waals surface area (Å²) in [5.74, 6) is 0.135. The Kier molecular flexibility index (Phi) is 4.36. The van der Waals surface area contributed by atoms with E-state index in [0.717, 1.165) is 17.5 Å². The van der Waals surface area contributed by atoms with Crippen LogP contribution in [0.3, 0.4) is 0 Å². The van der Waals surface area contributed by atoms with Gasteiger partial charge in [0.15, 0.2) is 0 Å². The number of benzene rings is 2. The predicted molar refractivity (Wildman–Crippen MR) is 120 cm³/mol. The van der Waals surface area contributed by atoms with Crippen molar-refractivity contribution in [2.24, 2.45) is 35.5 Å². The van der Waals surface area contributed by atoms with E-state index in [9.17, 15) is 14.4 Å². The van der Waals surface area contributed by atoms with Gasteiger partial charge in [-0.1, -0.05) is 60.7 Å². The first-order valence-electron chi connectivity index (χ1n) is 11.5. The number of likely N-dealkylation sites (tertiary alicyclic amines) is 1. The molecule has 0 aromatic heterocycles. The molecule has 7 atom stereocenters. The molecule has 3 fully saturated rings. The number of hydrogen-bond acceptors (Lipinski definition) is 3. The molecule has 4 aliphatic carbocycles. The summed E-state index contributed by atoms with van der Waals surface area (Å²) in [4.78, 5) is 42.1. The Morgan fingerprint density at radius 1 is 0.938 bits per heavy atom. The molecule has 1 N–H and O–H groups in total. The molecule has 0 spiro atoms. The maximum absolute atomic E-state index is 13.7. The molecule has 2 saturated carbocycles. The molecule has 5 heteroatoms. The first kappa shape index (κ1) is 19.5. The molecule has 5 nitrogen and oxygen atoms in total. The van der Waals surface area contributed by atoms with Crippen molar-refractivity contribution >= 4 is 23.4 Å². The van der Waals surface area contributed by atoms with E-state index in [2.05, 4.69) is 17.5 Å². The zero-order valence-corrected chi connectivity index (χ0v) is 18.0. The van der Waals surface area contributed by atoms with Gasteiger partial charge in [0, 0.05) is 12.1 Å².